The van der Waals surface area contributed by atoms with Gasteiger partial charge in [-0.3, -0.25) is 9.78 Å². The van der Waals surface area contributed by atoms with Crippen molar-refractivity contribution in [2.75, 3.05) is 26.0 Å². The van der Waals surface area contributed by atoms with Crippen LogP contribution in [0.25, 0.3) is 10.9 Å². The number of methoxy groups -OCH3 is 1. The average Bonchev–Trinajstić information content (AvgIpc) is 2.77. The van der Waals surface area contributed by atoms with Crippen molar-refractivity contribution in [2.24, 2.45) is 0 Å². The quantitative estimate of drug-likeness (QED) is 0.639. The molecular weight excluding hydrogens is 394 g/mol. The fourth-order valence-electron chi connectivity index (χ4n) is 3.78. The van der Waals surface area contributed by atoms with Crippen LogP contribution in [-0.4, -0.2) is 48.6 Å². The van der Waals surface area contributed by atoms with Crippen LogP contribution in [0.5, 0.6) is 5.75 Å². The summed E-state index contributed by atoms with van der Waals surface area (Å²) in [6.45, 7) is 3.06. The largest absolute Gasteiger partial charge is 0.497 e. The lowest BCUT2D eigenvalue weighted by molar-refractivity contribution is -0.123. The number of fused-ring (bicyclic) bond motifs is 2. The van der Waals surface area contributed by atoms with E-state index in [0.29, 0.717) is 23.5 Å². The summed E-state index contributed by atoms with van der Waals surface area (Å²) in [6.07, 6.45) is -0.203. The summed E-state index contributed by atoms with van der Waals surface area (Å²) in [4.78, 5) is 32.8. The topological polar surface area (TPSA) is 80.8 Å². The fourth-order valence-corrected chi connectivity index (χ4v) is 3.78. The molecule has 0 saturated carbocycles. The summed E-state index contributed by atoms with van der Waals surface area (Å²) in [5.74, 6) is -0.300. The highest BCUT2D eigenvalue weighted by atomic mass is 16.5. The molecule has 0 bridgehead atoms. The molecule has 2 heterocycles. The molecule has 1 aliphatic rings. The van der Waals surface area contributed by atoms with Crippen LogP contribution >= 0.6 is 0 Å². The Bertz CT molecular complexity index is 1140. The van der Waals surface area contributed by atoms with Crippen molar-refractivity contribution in [1.82, 2.24) is 9.88 Å². The number of amides is 1. The molecule has 1 aliphatic heterocycles. The molecule has 0 saturated heterocycles. The first-order valence-electron chi connectivity index (χ1n) is 10.2. The van der Waals surface area contributed by atoms with Gasteiger partial charge in [-0.15, -0.1) is 0 Å². The van der Waals surface area contributed by atoms with Crippen LogP contribution in [0.2, 0.25) is 0 Å². The van der Waals surface area contributed by atoms with Crippen molar-refractivity contribution in [2.45, 2.75) is 26.0 Å². The number of ether oxygens (including phenoxy) is 2. The molecule has 1 amide bonds. The molecule has 0 aliphatic carbocycles. The smallest absolute Gasteiger partial charge is 0.339 e. The number of carbonyl (C=O) groups excluding carboxylic acids is 2. The van der Waals surface area contributed by atoms with E-state index >= 15 is 0 Å². The Morgan fingerprint density at radius 3 is 2.77 bits per heavy atom. The van der Waals surface area contributed by atoms with Crippen molar-refractivity contribution >= 4 is 28.5 Å². The number of carbonyl (C=O) groups is 2. The Morgan fingerprint density at radius 2 is 1.97 bits per heavy atom. The summed E-state index contributed by atoms with van der Waals surface area (Å²) in [5, 5.41) is 3.50. The van der Waals surface area contributed by atoms with Crippen molar-refractivity contribution in [3.63, 3.8) is 0 Å². The van der Waals surface area contributed by atoms with Gasteiger partial charge >= 0.3 is 5.97 Å². The van der Waals surface area contributed by atoms with Crippen molar-refractivity contribution in [3.8, 4) is 5.75 Å². The third-order valence-corrected chi connectivity index (χ3v) is 5.43. The SMILES string of the molecule is COc1cccc(NC(=O)C(C)OC(=O)c2c3c(nc4ccccc24)CCN(C)C3)c1. The third kappa shape index (κ3) is 4.36. The number of likely N-dealkylation sites (N-methyl/N-ethyl adjacent to an activating group) is 1. The molecule has 1 unspecified atom stereocenters. The second-order valence-corrected chi connectivity index (χ2v) is 7.69. The third-order valence-electron chi connectivity index (χ3n) is 5.43. The molecule has 0 spiro atoms. The second-order valence-electron chi connectivity index (χ2n) is 7.69. The summed E-state index contributed by atoms with van der Waals surface area (Å²) in [7, 11) is 3.57. The minimum absolute atomic E-state index is 0.411. The van der Waals surface area contributed by atoms with E-state index < -0.39 is 18.0 Å². The Morgan fingerprint density at radius 1 is 1.16 bits per heavy atom. The van der Waals surface area contributed by atoms with Crippen LogP contribution in [0.4, 0.5) is 5.69 Å². The van der Waals surface area contributed by atoms with Gasteiger partial charge in [0.2, 0.25) is 0 Å². The molecule has 0 radical (unpaired) electrons. The number of hydrogen-bond acceptors (Lipinski definition) is 6. The number of anilines is 1. The number of esters is 1. The first-order chi connectivity index (χ1) is 15.0. The first-order valence-corrected chi connectivity index (χ1v) is 10.2. The molecule has 0 fully saturated rings. The summed E-state index contributed by atoms with van der Waals surface area (Å²) >= 11 is 0. The molecule has 1 N–H and O–H groups in total. The standard InChI is InChI=1S/C24H25N3O4/c1-15(23(28)25-16-7-6-8-17(13-16)30-3)31-24(29)22-18-9-4-5-10-20(18)26-21-11-12-27(2)14-19(21)22/h4-10,13,15H,11-12,14H2,1-3H3,(H,25,28). The van der Waals surface area contributed by atoms with E-state index in [9.17, 15) is 9.59 Å². The van der Waals surface area contributed by atoms with Gasteiger partial charge in [-0.25, -0.2) is 4.79 Å². The Balaban J connectivity index is 1.59. The number of benzene rings is 2. The van der Waals surface area contributed by atoms with Crippen molar-refractivity contribution in [3.05, 3.63) is 65.4 Å². The number of para-hydroxylation sites is 1. The van der Waals surface area contributed by atoms with E-state index in [1.54, 1.807) is 38.3 Å². The minimum atomic E-state index is -0.970. The molecule has 4 rings (SSSR count). The lowest BCUT2D eigenvalue weighted by Crippen LogP contribution is -2.32. The summed E-state index contributed by atoms with van der Waals surface area (Å²) in [5.41, 5.74) is 3.61. The Labute approximate surface area is 181 Å². The molecule has 7 nitrogen and oxygen atoms in total. The Kier molecular flexibility index (Phi) is 5.86. The highest BCUT2D eigenvalue weighted by molar-refractivity contribution is 6.06. The molecule has 2 aromatic carbocycles. The predicted octanol–water partition coefficient (Wildman–Crippen LogP) is 3.42. The minimum Gasteiger partial charge on any atom is -0.497 e. The maximum absolute atomic E-state index is 13.2. The number of pyridine rings is 1. The fraction of sp³-hybridized carbons (Fsp3) is 0.292. The zero-order valence-electron chi connectivity index (χ0n) is 17.8. The zero-order valence-corrected chi connectivity index (χ0v) is 17.8. The van der Waals surface area contributed by atoms with Crippen LogP contribution in [0.3, 0.4) is 0 Å². The summed E-state index contributed by atoms with van der Waals surface area (Å²) < 4.78 is 10.8. The molecule has 7 heteroatoms. The van der Waals surface area contributed by atoms with Gasteiger partial charge in [0.1, 0.15) is 5.75 Å². The van der Waals surface area contributed by atoms with E-state index in [2.05, 4.69) is 10.2 Å². The van der Waals surface area contributed by atoms with E-state index in [1.807, 2.05) is 31.3 Å². The predicted molar refractivity (Wildman–Crippen MR) is 118 cm³/mol. The first kappa shape index (κ1) is 20.8. The van der Waals surface area contributed by atoms with Crippen LogP contribution in [0, 0.1) is 0 Å². The normalized spacial score (nSPS) is 14.5. The highest BCUT2D eigenvalue weighted by Crippen LogP contribution is 2.28. The summed E-state index contributed by atoms with van der Waals surface area (Å²) in [6, 6.07) is 14.5. The number of aromatic nitrogens is 1. The van der Waals surface area contributed by atoms with Gasteiger partial charge in [0, 0.05) is 47.9 Å². The zero-order chi connectivity index (χ0) is 22.0. The molecule has 160 valence electrons. The van der Waals surface area contributed by atoms with Crippen LogP contribution in [0.15, 0.2) is 48.5 Å². The van der Waals surface area contributed by atoms with E-state index in [4.69, 9.17) is 14.5 Å². The average molecular weight is 419 g/mol. The number of hydrogen-bond donors (Lipinski definition) is 1. The van der Waals surface area contributed by atoms with E-state index in [-0.39, 0.29) is 0 Å². The molecule has 1 aromatic heterocycles. The number of nitrogens with zero attached hydrogens (tertiary/aromatic N) is 2. The van der Waals surface area contributed by atoms with Gasteiger partial charge < -0.3 is 19.7 Å². The number of nitrogens with one attached hydrogen (secondary N) is 1. The van der Waals surface area contributed by atoms with Gasteiger partial charge in [-0.1, -0.05) is 24.3 Å². The maximum Gasteiger partial charge on any atom is 0.339 e. The van der Waals surface area contributed by atoms with Crippen LogP contribution in [-0.2, 0) is 22.5 Å². The van der Waals surface area contributed by atoms with E-state index in [1.165, 1.54) is 0 Å². The lowest BCUT2D eigenvalue weighted by atomic mass is 9.96. The van der Waals surface area contributed by atoms with Crippen LogP contribution in [0.1, 0.15) is 28.5 Å². The van der Waals surface area contributed by atoms with Gasteiger partial charge in [0.15, 0.2) is 6.10 Å². The molecular formula is C24H25N3O4. The molecule has 31 heavy (non-hydrogen) atoms. The van der Waals surface area contributed by atoms with E-state index in [0.717, 1.165) is 35.1 Å². The van der Waals surface area contributed by atoms with Crippen molar-refractivity contribution < 1.29 is 19.1 Å². The van der Waals surface area contributed by atoms with Gasteiger partial charge in [-0.05, 0) is 32.2 Å². The second kappa shape index (κ2) is 8.73. The Hall–Kier alpha value is -3.45. The monoisotopic (exact) mass is 419 g/mol. The maximum atomic E-state index is 13.2. The van der Waals surface area contributed by atoms with Gasteiger partial charge in [-0.2, -0.15) is 0 Å². The van der Waals surface area contributed by atoms with Gasteiger partial charge in [0.05, 0.1) is 18.2 Å². The number of rotatable bonds is 5. The highest BCUT2D eigenvalue weighted by Gasteiger charge is 2.27. The van der Waals surface area contributed by atoms with Gasteiger partial charge in [0.25, 0.3) is 5.91 Å². The molecule has 3 aromatic rings. The van der Waals surface area contributed by atoms with Crippen LogP contribution < -0.4 is 10.1 Å². The molecule has 1 atom stereocenters. The van der Waals surface area contributed by atoms with Crippen molar-refractivity contribution in [1.29, 1.82) is 0 Å². The lowest BCUT2D eigenvalue weighted by Gasteiger charge is -2.27.